The molecule has 6 heteroatoms. The van der Waals surface area contributed by atoms with Crippen LogP contribution in [0.15, 0.2) is 0 Å². The van der Waals surface area contributed by atoms with Crippen LogP contribution in [0, 0.1) is 0 Å². The maximum absolute atomic E-state index is 12.0. The van der Waals surface area contributed by atoms with Crippen LogP contribution in [0.4, 0.5) is 0 Å². The van der Waals surface area contributed by atoms with Crippen molar-refractivity contribution in [2.75, 3.05) is 19.8 Å². The molecule has 0 saturated carbocycles. The lowest BCUT2D eigenvalue weighted by Crippen LogP contribution is -2.48. The van der Waals surface area contributed by atoms with E-state index in [4.69, 9.17) is 9.47 Å². The normalized spacial score (nSPS) is 29.6. The maximum atomic E-state index is 12.0. The van der Waals surface area contributed by atoms with E-state index in [1.807, 2.05) is 0 Å². The van der Waals surface area contributed by atoms with Crippen LogP contribution in [-0.2, 0) is 19.1 Å². The van der Waals surface area contributed by atoms with Gasteiger partial charge in [0.05, 0.1) is 12.6 Å². The maximum Gasteiger partial charge on any atom is 0.249 e. The van der Waals surface area contributed by atoms with Gasteiger partial charge in [-0.3, -0.25) is 9.59 Å². The number of carbonyl (C=O) groups excluding carboxylic acids is 2. The van der Waals surface area contributed by atoms with Crippen molar-refractivity contribution in [3.05, 3.63) is 0 Å². The highest BCUT2D eigenvalue weighted by atomic mass is 16.5. The Morgan fingerprint density at radius 3 is 2.50 bits per heavy atom. The Bertz CT molecular complexity index is 284. The van der Waals surface area contributed by atoms with Crippen molar-refractivity contribution < 1.29 is 19.1 Å². The van der Waals surface area contributed by atoms with Crippen molar-refractivity contribution in [1.29, 1.82) is 0 Å². The summed E-state index contributed by atoms with van der Waals surface area (Å²) < 4.78 is 10.7. The first-order valence-corrected chi connectivity index (χ1v) is 6.49. The summed E-state index contributed by atoms with van der Waals surface area (Å²) in [6.07, 6.45) is 3.47. The number of ether oxygens (including phenoxy) is 2. The van der Waals surface area contributed by atoms with Crippen LogP contribution in [0.2, 0.25) is 0 Å². The van der Waals surface area contributed by atoms with Crippen molar-refractivity contribution in [2.24, 2.45) is 0 Å². The molecule has 2 rings (SSSR count). The molecular formula is C12H20N2O4. The number of amides is 2. The van der Waals surface area contributed by atoms with Gasteiger partial charge < -0.3 is 20.1 Å². The first-order valence-electron chi connectivity index (χ1n) is 6.49. The van der Waals surface area contributed by atoms with Gasteiger partial charge in [-0.15, -0.1) is 0 Å². The van der Waals surface area contributed by atoms with E-state index in [2.05, 4.69) is 10.6 Å². The molecule has 2 amide bonds. The van der Waals surface area contributed by atoms with Gasteiger partial charge in [-0.25, -0.2) is 0 Å². The quantitative estimate of drug-likeness (QED) is 0.670. The van der Waals surface area contributed by atoms with Crippen molar-refractivity contribution in [3.8, 4) is 0 Å². The van der Waals surface area contributed by atoms with E-state index in [1.165, 1.54) is 0 Å². The lowest BCUT2D eigenvalue weighted by molar-refractivity contribution is -0.138. The molecule has 2 fully saturated rings. The summed E-state index contributed by atoms with van der Waals surface area (Å²) in [7, 11) is 0. The Kier molecular flexibility index (Phi) is 4.95. The van der Waals surface area contributed by atoms with Gasteiger partial charge in [0.15, 0.2) is 0 Å². The summed E-state index contributed by atoms with van der Waals surface area (Å²) in [6.45, 7) is 1.83. The fraction of sp³-hybridized carbons (Fsp3) is 0.833. The number of hydrogen-bond donors (Lipinski definition) is 2. The average Bonchev–Trinajstić information content (AvgIpc) is 2.41. The summed E-state index contributed by atoms with van der Waals surface area (Å²) >= 11 is 0. The second kappa shape index (κ2) is 6.70. The van der Waals surface area contributed by atoms with E-state index < -0.39 is 0 Å². The highest BCUT2D eigenvalue weighted by molar-refractivity contribution is 5.81. The van der Waals surface area contributed by atoms with E-state index in [0.717, 1.165) is 19.3 Å². The number of nitrogens with one attached hydrogen (secondary N) is 2. The lowest BCUT2D eigenvalue weighted by atomic mass is 10.0. The van der Waals surface area contributed by atoms with Crippen LogP contribution < -0.4 is 10.6 Å². The molecule has 0 unspecified atom stereocenters. The second-order valence-corrected chi connectivity index (χ2v) is 4.78. The second-order valence-electron chi connectivity index (χ2n) is 4.78. The summed E-state index contributed by atoms with van der Waals surface area (Å²) in [6, 6.07) is 0.246. The zero-order valence-corrected chi connectivity index (χ0v) is 10.4. The molecule has 0 spiro atoms. The molecule has 2 heterocycles. The van der Waals surface area contributed by atoms with Crippen molar-refractivity contribution >= 4 is 12.3 Å². The fourth-order valence-electron chi connectivity index (χ4n) is 2.32. The van der Waals surface area contributed by atoms with Gasteiger partial charge in [-0.1, -0.05) is 0 Å². The molecule has 6 nitrogen and oxygen atoms in total. The predicted molar refractivity (Wildman–Crippen MR) is 63.9 cm³/mol. The number of carbonyl (C=O) groups is 2. The molecule has 102 valence electrons. The minimum absolute atomic E-state index is 0.0357. The molecule has 0 aliphatic carbocycles. The number of rotatable bonds is 4. The molecule has 18 heavy (non-hydrogen) atoms. The van der Waals surface area contributed by atoms with Crippen LogP contribution in [0.5, 0.6) is 0 Å². The van der Waals surface area contributed by atoms with Gasteiger partial charge in [-0.2, -0.15) is 0 Å². The Balaban J connectivity index is 1.71. The fourth-order valence-corrected chi connectivity index (χ4v) is 2.32. The summed E-state index contributed by atoms with van der Waals surface area (Å²) in [4.78, 5) is 22.3. The molecule has 0 aromatic carbocycles. The third-order valence-corrected chi connectivity index (χ3v) is 3.44. The molecule has 2 aliphatic heterocycles. The smallest absolute Gasteiger partial charge is 0.249 e. The largest absolute Gasteiger partial charge is 0.381 e. The average molecular weight is 256 g/mol. The van der Waals surface area contributed by atoms with Crippen molar-refractivity contribution in [1.82, 2.24) is 10.6 Å². The third-order valence-electron chi connectivity index (χ3n) is 3.44. The van der Waals surface area contributed by atoms with E-state index >= 15 is 0 Å². The Hall–Kier alpha value is -1.14. The minimum Gasteiger partial charge on any atom is -0.381 e. The highest BCUT2D eigenvalue weighted by Gasteiger charge is 2.28. The summed E-state index contributed by atoms with van der Waals surface area (Å²) in [5.74, 6) is -0.0357. The monoisotopic (exact) mass is 256 g/mol. The standard InChI is InChI=1S/C12H20N2O4/c15-8-13-10-1-2-11(18-7-10)12(16)14-9-3-5-17-6-4-9/h8-11H,1-7H2,(H,13,15)(H,14,16)/t10-,11+/m1/s1. The van der Waals surface area contributed by atoms with Gasteiger partial charge in [0.2, 0.25) is 12.3 Å². The first kappa shape index (κ1) is 13.3. The molecule has 0 aromatic rings. The predicted octanol–water partition coefficient (Wildman–Crippen LogP) is -0.425. The van der Waals surface area contributed by atoms with Crippen LogP contribution in [0.25, 0.3) is 0 Å². The van der Waals surface area contributed by atoms with Gasteiger partial charge in [0, 0.05) is 19.3 Å². The lowest BCUT2D eigenvalue weighted by Gasteiger charge is -2.30. The third kappa shape index (κ3) is 3.68. The van der Waals surface area contributed by atoms with E-state index in [0.29, 0.717) is 32.7 Å². The molecule has 2 N–H and O–H groups in total. The highest BCUT2D eigenvalue weighted by Crippen LogP contribution is 2.15. The SMILES string of the molecule is O=CN[C@@H]1CC[C@@H](C(=O)NC2CCOCC2)OC1. The topological polar surface area (TPSA) is 76.7 Å². The molecule has 0 bridgehead atoms. The molecule has 0 radical (unpaired) electrons. The van der Waals surface area contributed by atoms with Gasteiger partial charge in [0.1, 0.15) is 6.10 Å². The summed E-state index contributed by atoms with van der Waals surface area (Å²) in [5, 5.41) is 5.67. The number of hydrogen-bond acceptors (Lipinski definition) is 4. The Labute approximate surface area is 106 Å². The molecule has 2 aliphatic rings. The minimum atomic E-state index is -0.377. The first-order chi connectivity index (χ1) is 8.79. The molecule has 2 saturated heterocycles. The Morgan fingerprint density at radius 2 is 1.89 bits per heavy atom. The molecule has 0 aromatic heterocycles. The van der Waals surface area contributed by atoms with Crippen molar-refractivity contribution in [2.45, 2.75) is 43.9 Å². The summed E-state index contributed by atoms with van der Waals surface area (Å²) in [5.41, 5.74) is 0. The zero-order chi connectivity index (χ0) is 12.8. The van der Waals surface area contributed by atoms with Gasteiger partial charge >= 0.3 is 0 Å². The van der Waals surface area contributed by atoms with Crippen LogP contribution >= 0.6 is 0 Å². The van der Waals surface area contributed by atoms with Crippen LogP contribution in [0.3, 0.4) is 0 Å². The van der Waals surface area contributed by atoms with Crippen LogP contribution in [-0.4, -0.2) is 50.3 Å². The van der Waals surface area contributed by atoms with Crippen LogP contribution in [0.1, 0.15) is 25.7 Å². The van der Waals surface area contributed by atoms with Crippen molar-refractivity contribution in [3.63, 3.8) is 0 Å². The van der Waals surface area contributed by atoms with Gasteiger partial charge in [-0.05, 0) is 25.7 Å². The Morgan fingerprint density at radius 1 is 1.11 bits per heavy atom. The van der Waals surface area contributed by atoms with E-state index in [1.54, 1.807) is 0 Å². The van der Waals surface area contributed by atoms with E-state index in [-0.39, 0.29) is 24.1 Å². The molecular weight excluding hydrogens is 236 g/mol. The molecule has 2 atom stereocenters. The zero-order valence-electron chi connectivity index (χ0n) is 10.4. The van der Waals surface area contributed by atoms with Gasteiger partial charge in [0.25, 0.3) is 0 Å². The van der Waals surface area contributed by atoms with E-state index in [9.17, 15) is 9.59 Å².